The van der Waals surface area contributed by atoms with Crippen LogP contribution >= 0.6 is 0 Å². The summed E-state index contributed by atoms with van der Waals surface area (Å²) in [6.07, 6.45) is 1.19. The maximum atomic E-state index is 13.0. The van der Waals surface area contributed by atoms with E-state index in [2.05, 4.69) is 11.1 Å². The number of benzene rings is 2. The van der Waals surface area contributed by atoms with Gasteiger partial charge in [0, 0.05) is 0 Å². The molecule has 1 N–H and O–H groups in total. The van der Waals surface area contributed by atoms with Crippen LogP contribution in [-0.2, 0) is 4.74 Å². The summed E-state index contributed by atoms with van der Waals surface area (Å²) < 4.78 is 21.8. The number of rotatable bonds is 5. The number of fused-ring (bicyclic) bond motifs is 3. The molecule has 0 aliphatic carbocycles. The van der Waals surface area contributed by atoms with Crippen molar-refractivity contribution in [2.24, 2.45) is 4.99 Å². The SMILES string of the molecule is CCO/C=N/C1=C(C#N)C(c2ccc(O)c(OC)c2)c2c(c3ccccc3oc2=O)O1. The van der Waals surface area contributed by atoms with Gasteiger partial charge in [-0.15, -0.1) is 0 Å². The predicted octanol–water partition coefficient (Wildman–Crippen LogP) is 3.83. The first-order valence-electron chi connectivity index (χ1n) is 9.47. The summed E-state index contributed by atoms with van der Waals surface area (Å²) >= 11 is 0. The summed E-state index contributed by atoms with van der Waals surface area (Å²) in [6, 6.07) is 13.6. The lowest BCUT2D eigenvalue weighted by molar-refractivity contribution is 0.335. The largest absolute Gasteiger partial charge is 0.504 e. The zero-order valence-corrected chi connectivity index (χ0v) is 16.8. The van der Waals surface area contributed by atoms with E-state index >= 15 is 0 Å². The van der Waals surface area contributed by atoms with Crippen molar-refractivity contribution >= 4 is 17.4 Å². The van der Waals surface area contributed by atoms with E-state index in [9.17, 15) is 15.2 Å². The molecule has 0 saturated heterocycles. The van der Waals surface area contributed by atoms with Crippen molar-refractivity contribution in [3.05, 3.63) is 75.5 Å². The van der Waals surface area contributed by atoms with Crippen LogP contribution in [-0.4, -0.2) is 25.2 Å². The second kappa shape index (κ2) is 8.24. The highest BCUT2D eigenvalue weighted by Gasteiger charge is 2.36. The fourth-order valence-electron chi connectivity index (χ4n) is 3.49. The molecule has 156 valence electrons. The molecule has 8 heteroatoms. The highest BCUT2D eigenvalue weighted by molar-refractivity contribution is 5.86. The minimum Gasteiger partial charge on any atom is -0.504 e. The Morgan fingerprint density at radius 1 is 1.29 bits per heavy atom. The monoisotopic (exact) mass is 418 g/mol. The molecule has 0 saturated carbocycles. The summed E-state index contributed by atoms with van der Waals surface area (Å²) in [5.41, 5.74) is 0.507. The van der Waals surface area contributed by atoms with E-state index in [4.69, 9.17) is 18.6 Å². The van der Waals surface area contributed by atoms with Gasteiger partial charge in [-0.1, -0.05) is 18.2 Å². The van der Waals surface area contributed by atoms with Crippen molar-refractivity contribution < 1.29 is 23.7 Å². The maximum Gasteiger partial charge on any atom is 0.344 e. The van der Waals surface area contributed by atoms with E-state index in [1.807, 2.05) is 0 Å². The number of nitrogens with zero attached hydrogens (tertiary/aromatic N) is 2. The molecular formula is C23H18N2O6. The number of nitriles is 1. The van der Waals surface area contributed by atoms with Gasteiger partial charge in [0.25, 0.3) is 0 Å². The number of hydrogen-bond acceptors (Lipinski definition) is 8. The van der Waals surface area contributed by atoms with Gasteiger partial charge in [-0.05, 0) is 36.8 Å². The van der Waals surface area contributed by atoms with Crippen LogP contribution in [0.2, 0.25) is 0 Å². The summed E-state index contributed by atoms with van der Waals surface area (Å²) in [4.78, 5) is 17.2. The summed E-state index contributed by atoms with van der Waals surface area (Å²) in [7, 11) is 1.41. The van der Waals surface area contributed by atoms with Crippen molar-refractivity contribution in [1.82, 2.24) is 0 Å². The molecule has 2 aromatic carbocycles. The van der Waals surface area contributed by atoms with Gasteiger partial charge in [0.1, 0.15) is 17.2 Å². The molecule has 1 aromatic heterocycles. The standard InChI is InChI=1S/C23H18N2O6/c1-3-29-12-25-22-15(11-24)19(13-8-9-16(26)18(10-13)28-2)20-21(31-22)14-6-4-5-7-17(14)30-23(20)27/h4-10,12,19,26H,3H2,1-2H3/b25-12+. The zero-order valence-electron chi connectivity index (χ0n) is 16.8. The normalized spacial score (nSPS) is 15.5. The fourth-order valence-corrected chi connectivity index (χ4v) is 3.49. The third-order valence-corrected chi connectivity index (χ3v) is 4.87. The molecule has 8 nitrogen and oxygen atoms in total. The number of ether oxygens (including phenoxy) is 3. The number of allylic oxidation sites excluding steroid dienone is 1. The number of methoxy groups -OCH3 is 1. The first-order chi connectivity index (χ1) is 15.1. The van der Waals surface area contributed by atoms with Crippen LogP contribution in [0.25, 0.3) is 11.0 Å². The Kier molecular flexibility index (Phi) is 5.33. The van der Waals surface area contributed by atoms with Crippen LogP contribution in [0.4, 0.5) is 0 Å². The van der Waals surface area contributed by atoms with E-state index in [0.29, 0.717) is 23.1 Å². The van der Waals surface area contributed by atoms with Gasteiger partial charge in [-0.2, -0.15) is 10.3 Å². The maximum absolute atomic E-state index is 13.0. The first kappa shape index (κ1) is 20.0. The molecular weight excluding hydrogens is 400 g/mol. The smallest absolute Gasteiger partial charge is 0.344 e. The molecule has 31 heavy (non-hydrogen) atoms. The van der Waals surface area contributed by atoms with Gasteiger partial charge in [0.05, 0.1) is 30.6 Å². The lowest BCUT2D eigenvalue weighted by atomic mass is 9.83. The van der Waals surface area contributed by atoms with Crippen LogP contribution < -0.4 is 15.1 Å². The van der Waals surface area contributed by atoms with E-state index in [1.54, 1.807) is 43.3 Å². The Hall–Kier alpha value is -4.25. The zero-order chi connectivity index (χ0) is 22.0. The highest BCUT2D eigenvalue weighted by atomic mass is 16.5. The molecule has 1 aliphatic rings. The van der Waals surface area contributed by atoms with E-state index in [-0.39, 0.29) is 34.3 Å². The van der Waals surface area contributed by atoms with Gasteiger partial charge in [0.2, 0.25) is 5.88 Å². The summed E-state index contributed by atoms with van der Waals surface area (Å²) in [5.74, 6) is -0.450. The van der Waals surface area contributed by atoms with Crippen LogP contribution in [0.5, 0.6) is 17.2 Å². The number of phenols is 1. The Morgan fingerprint density at radius 2 is 2.10 bits per heavy atom. The van der Waals surface area contributed by atoms with Gasteiger partial charge >= 0.3 is 5.63 Å². The Labute approximate surface area is 177 Å². The summed E-state index contributed by atoms with van der Waals surface area (Å²) in [5, 5.41) is 20.5. The number of phenolic OH excluding ortho intramolecular Hbond substituents is 1. The van der Waals surface area contributed by atoms with Gasteiger partial charge in [-0.25, -0.2) is 4.79 Å². The van der Waals surface area contributed by atoms with Crippen molar-refractivity contribution in [2.75, 3.05) is 13.7 Å². The van der Waals surface area contributed by atoms with Crippen molar-refractivity contribution in [3.8, 4) is 23.3 Å². The molecule has 0 radical (unpaired) electrons. The average Bonchev–Trinajstić information content (AvgIpc) is 2.79. The topological polar surface area (TPSA) is 114 Å². The number of para-hydroxylation sites is 1. The van der Waals surface area contributed by atoms with E-state index < -0.39 is 11.5 Å². The number of hydrogen-bond donors (Lipinski definition) is 1. The van der Waals surface area contributed by atoms with Crippen molar-refractivity contribution in [1.29, 1.82) is 5.26 Å². The Morgan fingerprint density at radius 3 is 2.84 bits per heavy atom. The number of aliphatic imine (C=N–C) groups is 1. The molecule has 3 aromatic rings. The molecule has 4 rings (SSSR count). The predicted molar refractivity (Wildman–Crippen MR) is 112 cm³/mol. The highest BCUT2D eigenvalue weighted by Crippen LogP contribution is 2.45. The Bertz CT molecular complexity index is 1320. The van der Waals surface area contributed by atoms with Gasteiger partial charge in [-0.3, -0.25) is 0 Å². The molecule has 0 bridgehead atoms. The number of aromatic hydroxyl groups is 1. The second-order valence-corrected chi connectivity index (χ2v) is 6.62. The fraction of sp³-hybridized carbons (Fsp3) is 0.174. The molecule has 0 amide bonds. The van der Waals surface area contributed by atoms with E-state index in [0.717, 1.165) is 0 Å². The van der Waals surface area contributed by atoms with Gasteiger partial charge in [0.15, 0.2) is 23.6 Å². The van der Waals surface area contributed by atoms with E-state index in [1.165, 1.54) is 19.6 Å². The van der Waals surface area contributed by atoms with Crippen LogP contribution in [0.15, 0.2) is 68.1 Å². The quantitative estimate of drug-likeness (QED) is 0.380. The van der Waals surface area contributed by atoms with Crippen molar-refractivity contribution in [3.63, 3.8) is 0 Å². The first-order valence-corrected chi connectivity index (χ1v) is 9.47. The van der Waals surface area contributed by atoms with Crippen LogP contribution in [0.1, 0.15) is 24.0 Å². The van der Waals surface area contributed by atoms with Crippen LogP contribution in [0.3, 0.4) is 0 Å². The molecule has 1 atom stereocenters. The average molecular weight is 418 g/mol. The minimum absolute atomic E-state index is 0.0104. The molecule has 1 aliphatic heterocycles. The third kappa shape index (κ3) is 3.46. The van der Waals surface area contributed by atoms with Crippen LogP contribution in [0, 0.1) is 11.3 Å². The molecule has 0 fully saturated rings. The lowest BCUT2D eigenvalue weighted by Gasteiger charge is -2.26. The minimum atomic E-state index is -0.849. The molecule has 0 spiro atoms. The van der Waals surface area contributed by atoms with Crippen molar-refractivity contribution in [2.45, 2.75) is 12.8 Å². The van der Waals surface area contributed by atoms with Gasteiger partial charge < -0.3 is 23.7 Å². The third-order valence-electron chi connectivity index (χ3n) is 4.87. The molecule has 2 heterocycles. The molecule has 1 unspecified atom stereocenters. The lowest BCUT2D eigenvalue weighted by Crippen LogP contribution is -2.23. The Balaban J connectivity index is 2.04. The second-order valence-electron chi connectivity index (χ2n) is 6.62. The summed E-state index contributed by atoms with van der Waals surface area (Å²) in [6.45, 7) is 2.19.